The second-order valence-corrected chi connectivity index (χ2v) is 14.7. The van der Waals surface area contributed by atoms with E-state index in [9.17, 15) is 9.59 Å². The maximum absolute atomic E-state index is 13.0. The van der Waals surface area contributed by atoms with Crippen LogP contribution in [0.5, 0.6) is 0 Å². The SMILES string of the molecule is CC(C)(C)OC(=O)N(c1ccc(-c2cnn3c(N)c(Br)c(C4CC5CCC(C4)N5C(=O)OC(C)(C)C)nc23)cn1)C1CC1. The van der Waals surface area contributed by atoms with Crippen molar-refractivity contribution in [3.8, 4) is 11.1 Å². The molecule has 2 amide bonds. The summed E-state index contributed by atoms with van der Waals surface area (Å²) in [6.45, 7) is 11.3. The second-order valence-electron chi connectivity index (χ2n) is 13.9. The van der Waals surface area contributed by atoms with Gasteiger partial charge >= 0.3 is 12.2 Å². The number of ether oxygens (including phenoxy) is 2. The van der Waals surface area contributed by atoms with Crippen molar-refractivity contribution in [2.45, 2.75) is 115 Å². The third-order valence-corrected chi connectivity index (χ3v) is 8.99. The standard InChI is InChI=1S/C31H40BrN7O4/c1-30(2,3)42-28(40)37-20-10-11-21(37)14-18(13-20)25-24(32)26(33)39-27(36-25)22(16-35-39)17-7-12-23(34-15-17)38(19-8-9-19)29(41)43-31(4,5)6/h7,12,15-16,18-21H,8-11,13-14,33H2,1-6H3. The molecule has 1 aliphatic carbocycles. The highest BCUT2D eigenvalue weighted by Crippen LogP contribution is 2.46. The molecule has 3 fully saturated rings. The van der Waals surface area contributed by atoms with Crippen LogP contribution in [0.25, 0.3) is 16.8 Å². The first kappa shape index (κ1) is 29.7. The molecular formula is C31H40BrN7O4. The number of rotatable bonds is 4. The van der Waals surface area contributed by atoms with E-state index in [-0.39, 0.29) is 36.2 Å². The van der Waals surface area contributed by atoms with Crippen LogP contribution in [0, 0.1) is 0 Å². The molecule has 43 heavy (non-hydrogen) atoms. The number of anilines is 2. The smallest absolute Gasteiger partial charge is 0.416 e. The van der Waals surface area contributed by atoms with Crippen molar-refractivity contribution in [2.75, 3.05) is 10.6 Å². The Hall–Kier alpha value is -3.41. The Morgan fingerprint density at radius 3 is 2.19 bits per heavy atom. The molecule has 230 valence electrons. The Bertz CT molecular complexity index is 1540. The first-order chi connectivity index (χ1) is 20.2. The number of aromatic nitrogens is 4. The van der Waals surface area contributed by atoms with E-state index in [0.29, 0.717) is 17.3 Å². The van der Waals surface area contributed by atoms with Crippen molar-refractivity contribution >= 4 is 45.4 Å². The largest absolute Gasteiger partial charge is 0.444 e. The molecule has 6 rings (SSSR count). The van der Waals surface area contributed by atoms with Gasteiger partial charge in [-0.2, -0.15) is 9.61 Å². The monoisotopic (exact) mass is 653 g/mol. The van der Waals surface area contributed by atoms with E-state index < -0.39 is 11.2 Å². The van der Waals surface area contributed by atoms with Gasteiger partial charge in [0.2, 0.25) is 0 Å². The van der Waals surface area contributed by atoms with E-state index in [1.807, 2.05) is 58.6 Å². The van der Waals surface area contributed by atoms with Crippen LogP contribution in [-0.4, -0.2) is 66.0 Å². The number of nitrogens with two attached hydrogens (primary N) is 1. The van der Waals surface area contributed by atoms with Gasteiger partial charge in [0.25, 0.3) is 0 Å². The number of hydrogen-bond acceptors (Lipinski definition) is 8. The maximum atomic E-state index is 13.0. The summed E-state index contributed by atoms with van der Waals surface area (Å²) in [6, 6.07) is 4.08. The van der Waals surface area contributed by atoms with Crippen LogP contribution in [0.4, 0.5) is 21.2 Å². The minimum Gasteiger partial charge on any atom is -0.444 e. The number of piperidine rings is 1. The number of hydrogen-bond donors (Lipinski definition) is 1. The van der Waals surface area contributed by atoms with Crippen LogP contribution in [0.3, 0.4) is 0 Å². The zero-order valence-electron chi connectivity index (χ0n) is 25.6. The molecular weight excluding hydrogens is 614 g/mol. The Morgan fingerprint density at radius 2 is 1.63 bits per heavy atom. The molecule has 0 radical (unpaired) electrons. The number of amides is 2. The van der Waals surface area contributed by atoms with Gasteiger partial charge in [-0.05, 0) is 108 Å². The number of carbonyl (C=O) groups excluding carboxylic acids is 2. The molecule has 3 aliphatic rings. The van der Waals surface area contributed by atoms with Gasteiger partial charge in [0.15, 0.2) is 5.65 Å². The molecule has 0 aromatic carbocycles. The Morgan fingerprint density at radius 1 is 0.977 bits per heavy atom. The van der Waals surface area contributed by atoms with E-state index in [4.69, 9.17) is 20.2 Å². The van der Waals surface area contributed by atoms with E-state index in [2.05, 4.69) is 26.0 Å². The molecule has 11 nitrogen and oxygen atoms in total. The zero-order chi connectivity index (χ0) is 30.8. The zero-order valence-corrected chi connectivity index (χ0v) is 27.2. The number of nitrogen functional groups attached to an aromatic ring is 1. The van der Waals surface area contributed by atoms with Crippen molar-refractivity contribution in [1.82, 2.24) is 24.5 Å². The highest BCUT2D eigenvalue weighted by atomic mass is 79.9. The summed E-state index contributed by atoms with van der Waals surface area (Å²) in [4.78, 5) is 39.3. The fraction of sp³-hybridized carbons (Fsp3) is 0.581. The molecule has 2 atom stereocenters. The fourth-order valence-electron chi connectivity index (χ4n) is 6.26. The van der Waals surface area contributed by atoms with Gasteiger partial charge in [-0.3, -0.25) is 4.90 Å². The van der Waals surface area contributed by atoms with Gasteiger partial charge in [0.1, 0.15) is 22.8 Å². The predicted molar refractivity (Wildman–Crippen MR) is 167 cm³/mol. The lowest BCUT2D eigenvalue weighted by Gasteiger charge is -2.39. The molecule has 2 unspecified atom stereocenters. The lowest BCUT2D eigenvalue weighted by molar-refractivity contribution is 0.00565. The molecule has 12 heteroatoms. The van der Waals surface area contributed by atoms with Crippen LogP contribution >= 0.6 is 15.9 Å². The summed E-state index contributed by atoms with van der Waals surface area (Å²) in [5.41, 5.74) is 8.59. The summed E-state index contributed by atoms with van der Waals surface area (Å²) in [6.07, 6.45) is 8.20. The van der Waals surface area contributed by atoms with E-state index in [1.54, 1.807) is 21.8 Å². The van der Waals surface area contributed by atoms with Crippen LogP contribution in [0.2, 0.25) is 0 Å². The average molecular weight is 655 g/mol. The number of halogens is 1. The van der Waals surface area contributed by atoms with Crippen LogP contribution in [-0.2, 0) is 9.47 Å². The van der Waals surface area contributed by atoms with E-state index >= 15 is 0 Å². The molecule has 1 saturated carbocycles. The quantitative estimate of drug-likeness (QED) is 0.330. The van der Waals surface area contributed by atoms with Gasteiger partial charge in [-0.25, -0.2) is 19.6 Å². The van der Waals surface area contributed by atoms with Gasteiger partial charge in [-0.15, -0.1) is 0 Å². The summed E-state index contributed by atoms with van der Waals surface area (Å²) in [7, 11) is 0. The van der Waals surface area contributed by atoms with Crippen molar-refractivity contribution in [3.63, 3.8) is 0 Å². The highest BCUT2D eigenvalue weighted by Gasteiger charge is 2.46. The van der Waals surface area contributed by atoms with E-state index in [0.717, 1.165) is 59.8 Å². The van der Waals surface area contributed by atoms with Crippen molar-refractivity contribution in [2.24, 2.45) is 0 Å². The van der Waals surface area contributed by atoms with Crippen molar-refractivity contribution in [1.29, 1.82) is 0 Å². The minimum atomic E-state index is -0.593. The summed E-state index contributed by atoms with van der Waals surface area (Å²) >= 11 is 3.71. The number of fused-ring (bicyclic) bond motifs is 3. The highest BCUT2D eigenvalue weighted by molar-refractivity contribution is 9.10. The number of carbonyl (C=O) groups is 2. The summed E-state index contributed by atoms with van der Waals surface area (Å²) < 4.78 is 13.7. The molecule has 2 N–H and O–H groups in total. The minimum absolute atomic E-state index is 0.101. The molecule has 2 saturated heterocycles. The third kappa shape index (κ3) is 5.90. The van der Waals surface area contributed by atoms with Gasteiger partial charge in [0.05, 0.1) is 16.4 Å². The van der Waals surface area contributed by atoms with E-state index in [1.165, 1.54) is 0 Å². The lowest BCUT2D eigenvalue weighted by atomic mass is 9.88. The molecule has 0 spiro atoms. The van der Waals surface area contributed by atoms with Gasteiger partial charge < -0.3 is 20.1 Å². The van der Waals surface area contributed by atoms with Gasteiger partial charge in [0, 0.05) is 41.4 Å². The topological polar surface area (TPSA) is 128 Å². The van der Waals surface area contributed by atoms with Gasteiger partial charge in [-0.1, -0.05) is 0 Å². The first-order valence-corrected chi connectivity index (χ1v) is 15.8. The Kier molecular flexibility index (Phi) is 7.34. The summed E-state index contributed by atoms with van der Waals surface area (Å²) in [5, 5.41) is 4.53. The fourth-order valence-corrected chi connectivity index (χ4v) is 6.84. The normalized spacial score (nSPS) is 22.1. The third-order valence-electron chi connectivity index (χ3n) is 8.18. The first-order valence-electron chi connectivity index (χ1n) is 15.0. The van der Waals surface area contributed by atoms with Crippen molar-refractivity contribution < 1.29 is 19.1 Å². The second kappa shape index (κ2) is 10.6. The van der Waals surface area contributed by atoms with Crippen LogP contribution < -0.4 is 10.6 Å². The maximum Gasteiger partial charge on any atom is 0.416 e. The predicted octanol–water partition coefficient (Wildman–Crippen LogP) is 6.69. The van der Waals surface area contributed by atoms with Crippen LogP contribution in [0.15, 0.2) is 29.0 Å². The van der Waals surface area contributed by atoms with Crippen molar-refractivity contribution in [3.05, 3.63) is 34.7 Å². The molecule has 3 aromatic rings. The summed E-state index contributed by atoms with van der Waals surface area (Å²) in [5.74, 6) is 1.16. The Balaban J connectivity index is 1.27. The molecule has 2 aliphatic heterocycles. The molecule has 3 aromatic heterocycles. The molecule has 2 bridgehead atoms. The average Bonchev–Trinajstić information content (AvgIpc) is 3.57. The lowest BCUT2D eigenvalue weighted by Crippen LogP contribution is -2.48. The number of nitrogens with zero attached hydrogens (tertiary/aromatic N) is 6. The van der Waals surface area contributed by atoms with Crippen LogP contribution in [0.1, 0.15) is 91.7 Å². The Labute approximate surface area is 260 Å². The number of pyridine rings is 1. The molecule has 5 heterocycles.